The summed E-state index contributed by atoms with van der Waals surface area (Å²) >= 11 is 9.59. The van der Waals surface area contributed by atoms with Gasteiger partial charge in [-0.2, -0.15) is 0 Å². The molecule has 1 aromatic carbocycles. The lowest BCUT2D eigenvalue weighted by molar-refractivity contribution is 0.251. The first-order valence-corrected chi connectivity index (χ1v) is 7.80. The van der Waals surface area contributed by atoms with Crippen molar-refractivity contribution in [2.45, 2.75) is 37.9 Å². The zero-order valence-corrected chi connectivity index (χ0v) is 13.9. The van der Waals surface area contributed by atoms with Crippen LogP contribution in [-0.4, -0.2) is 30.1 Å². The first-order chi connectivity index (χ1) is 8.70. The van der Waals surface area contributed by atoms with Crippen LogP contribution >= 0.6 is 39.9 Å². The summed E-state index contributed by atoms with van der Waals surface area (Å²) in [6.07, 6.45) is 3.98. The van der Waals surface area contributed by atoms with Crippen LogP contribution in [0.25, 0.3) is 0 Å². The van der Waals surface area contributed by atoms with Gasteiger partial charge in [-0.1, -0.05) is 17.7 Å². The fourth-order valence-corrected chi connectivity index (χ4v) is 3.50. The van der Waals surface area contributed by atoms with Gasteiger partial charge < -0.3 is 5.32 Å². The van der Waals surface area contributed by atoms with E-state index in [1.54, 1.807) is 0 Å². The van der Waals surface area contributed by atoms with Crippen LogP contribution in [0.3, 0.4) is 0 Å². The van der Waals surface area contributed by atoms with Gasteiger partial charge in [-0.05, 0) is 52.9 Å². The van der Waals surface area contributed by atoms with E-state index >= 15 is 0 Å². The summed E-state index contributed by atoms with van der Waals surface area (Å²) in [6, 6.07) is 7.73. The van der Waals surface area contributed by atoms with E-state index in [-0.39, 0.29) is 12.4 Å². The molecule has 0 amide bonds. The van der Waals surface area contributed by atoms with E-state index in [9.17, 15) is 0 Å². The molecule has 2 aliphatic rings. The molecule has 0 radical (unpaired) electrons. The molecule has 0 spiro atoms. The van der Waals surface area contributed by atoms with Crippen LogP contribution in [0, 0.1) is 0 Å². The molecule has 2 nitrogen and oxygen atoms in total. The molecule has 1 aromatic rings. The number of fused-ring (bicyclic) bond motifs is 2. The number of hydrogen-bond acceptors (Lipinski definition) is 2. The maximum atomic E-state index is 6.15. The third-order valence-electron chi connectivity index (χ3n) is 4.00. The van der Waals surface area contributed by atoms with E-state index in [0.29, 0.717) is 6.04 Å². The minimum Gasteiger partial charge on any atom is -0.310 e. The Labute approximate surface area is 134 Å². The SMILES string of the molecule is Cl.Clc1cc(CN2CCC3CCC(C2)N3)ccc1Br. The summed E-state index contributed by atoms with van der Waals surface area (Å²) in [7, 11) is 0. The van der Waals surface area contributed by atoms with Gasteiger partial charge in [0.25, 0.3) is 0 Å². The van der Waals surface area contributed by atoms with Crippen LogP contribution in [0.4, 0.5) is 0 Å². The summed E-state index contributed by atoms with van der Waals surface area (Å²) in [4.78, 5) is 2.55. The highest BCUT2D eigenvalue weighted by atomic mass is 79.9. The molecule has 0 saturated carbocycles. The first kappa shape index (κ1) is 15.6. The lowest BCUT2D eigenvalue weighted by atomic mass is 10.1. The quantitative estimate of drug-likeness (QED) is 0.856. The van der Waals surface area contributed by atoms with Crippen molar-refractivity contribution in [3.63, 3.8) is 0 Å². The summed E-state index contributed by atoms with van der Waals surface area (Å²) in [5.74, 6) is 0. The van der Waals surface area contributed by atoms with Crippen molar-refractivity contribution in [1.82, 2.24) is 10.2 Å². The van der Waals surface area contributed by atoms with Gasteiger partial charge in [0.15, 0.2) is 0 Å². The smallest absolute Gasteiger partial charge is 0.0551 e. The third-order valence-corrected chi connectivity index (χ3v) is 5.23. The molecule has 0 aromatic heterocycles. The van der Waals surface area contributed by atoms with E-state index in [2.05, 4.69) is 38.3 Å². The van der Waals surface area contributed by atoms with Gasteiger partial charge in [0.1, 0.15) is 0 Å². The van der Waals surface area contributed by atoms with E-state index < -0.39 is 0 Å². The second-order valence-corrected chi connectivity index (χ2v) is 6.67. The molecular formula is C14H19BrCl2N2. The number of nitrogens with one attached hydrogen (secondary N) is 1. The predicted octanol–water partition coefficient (Wildman–Crippen LogP) is 3.85. The number of rotatable bonds is 2. The fourth-order valence-electron chi connectivity index (χ4n) is 3.06. The van der Waals surface area contributed by atoms with Gasteiger partial charge in [0, 0.05) is 36.2 Å². The fraction of sp³-hybridized carbons (Fsp3) is 0.571. The number of hydrogen-bond donors (Lipinski definition) is 1. The Kier molecular flexibility index (Phi) is 5.55. The maximum Gasteiger partial charge on any atom is 0.0551 e. The average molecular weight is 366 g/mol. The lowest BCUT2D eigenvalue weighted by Crippen LogP contribution is -2.34. The Bertz CT molecular complexity index is 441. The molecule has 106 valence electrons. The van der Waals surface area contributed by atoms with Crippen LogP contribution in [-0.2, 0) is 6.54 Å². The highest BCUT2D eigenvalue weighted by molar-refractivity contribution is 9.10. The summed E-state index contributed by atoms with van der Waals surface area (Å²) in [5, 5.41) is 4.52. The topological polar surface area (TPSA) is 15.3 Å². The molecule has 0 aliphatic carbocycles. The van der Waals surface area contributed by atoms with Crippen LogP contribution in [0.1, 0.15) is 24.8 Å². The van der Waals surface area contributed by atoms with Crippen molar-refractivity contribution < 1.29 is 0 Å². The number of benzene rings is 1. The largest absolute Gasteiger partial charge is 0.310 e. The second-order valence-electron chi connectivity index (χ2n) is 5.41. The average Bonchev–Trinajstić information content (AvgIpc) is 2.68. The van der Waals surface area contributed by atoms with Crippen molar-refractivity contribution in [1.29, 1.82) is 0 Å². The lowest BCUT2D eigenvalue weighted by Gasteiger charge is -2.24. The Morgan fingerprint density at radius 3 is 2.84 bits per heavy atom. The van der Waals surface area contributed by atoms with E-state index in [4.69, 9.17) is 11.6 Å². The Hall–Kier alpha value is 0.200. The predicted molar refractivity (Wildman–Crippen MR) is 86.2 cm³/mol. The standard InChI is InChI=1S/C14H18BrClN2.ClH/c15-13-4-1-10(7-14(13)16)8-18-6-5-11-2-3-12(9-18)17-11;/h1,4,7,11-12,17H,2-3,5-6,8-9H2;1H. The van der Waals surface area contributed by atoms with Crippen LogP contribution in [0.15, 0.2) is 22.7 Å². The van der Waals surface area contributed by atoms with Gasteiger partial charge in [-0.3, -0.25) is 4.90 Å². The molecule has 2 aliphatic heterocycles. The zero-order valence-electron chi connectivity index (χ0n) is 10.7. The zero-order chi connectivity index (χ0) is 12.5. The van der Waals surface area contributed by atoms with Gasteiger partial charge in [0.2, 0.25) is 0 Å². The molecule has 2 heterocycles. The van der Waals surface area contributed by atoms with Crippen molar-refractivity contribution in [2.24, 2.45) is 0 Å². The molecule has 2 unspecified atom stereocenters. The monoisotopic (exact) mass is 364 g/mol. The van der Waals surface area contributed by atoms with E-state index in [1.807, 2.05) is 6.07 Å². The van der Waals surface area contributed by atoms with Crippen LogP contribution < -0.4 is 5.32 Å². The number of halogens is 3. The van der Waals surface area contributed by atoms with E-state index in [1.165, 1.54) is 37.9 Å². The van der Waals surface area contributed by atoms with Crippen molar-refractivity contribution in [2.75, 3.05) is 13.1 Å². The second kappa shape index (κ2) is 6.77. The van der Waals surface area contributed by atoms with Crippen molar-refractivity contribution in [3.05, 3.63) is 33.3 Å². The highest BCUT2D eigenvalue weighted by Crippen LogP contribution is 2.25. The molecule has 2 atom stereocenters. The van der Waals surface area contributed by atoms with Gasteiger partial charge in [0.05, 0.1) is 5.02 Å². The molecule has 3 rings (SSSR count). The van der Waals surface area contributed by atoms with Gasteiger partial charge in [-0.25, -0.2) is 0 Å². The molecule has 19 heavy (non-hydrogen) atoms. The van der Waals surface area contributed by atoms with Gasteiger partial charge >= 0.3 is 0 Å². The number of likely N-dealkylation sites (tertiary alicyclic amines) is 1. The first-order valence-electron chi connectivity index (χ1n) is 6.63. The summed E-state index contributed by atoms with van der Waals surface area (Å²) < 4.78 is 0.976. The molecule has 1 N–H and O–H groups in total. The van der Waals surface area contributed by atoms with Crippen molar-refractivity contribution in [3.8, 4) is 0 Å². The Balaban J connectivity index is 0.00000133. The summed E-state index contributed by atoms with van der Waals surface area (Å²) in [6.45, 7) is 3.38. The van der Waals surface area contributed by atoms with Gasteiger partial charge in [-0.15, -0.1) is 12.4 Å². The third kappa shape index (κ3) is 3.85. The van der Waals surface area contributed by atoms with E-state index in [0.717, 1.165) is 22.1 Å². The molecule has 2 fully saturated rings. The van der Waals surface area contributed by atoms with Crippen LogP contribution in [0.5, 0.6) is 0 Å². The Morgan fingerprint density at radius 1 is 1.26 bits per heavy atom. The van der Waals surface area contributed by atoms with Crippen LogP contribution in [0.2, 0.25) is 5.02 Å². The van der Waals surface area contributed by atoms with Crippen molar-refractivity contribution >= 4 is 39.9 Å². The highest BCUT2D eigenvalue weighted by Gasteiger charge is 2.28. The molecular weight excluding hydrogens is 347 g/mol. The molecule has 2 saturated heterocycles. The normalized spacial score (nSPS) is 26.8. The molecule has 2 bridgehead atoms. The minimum atomic E-state index is 0. The minimum absolute atomic E-state index is 0. The summed E-state index contributed by atoms with van der Waals surface area (Å²) in [5.41, 5.74) is 1.31. The number of nitrogens with zero attached hydrogens (tertiary/aromatic N) is 1. The maximum absolute atomic E-state index is 6.15. The Morgan fingerprint density at radius 2 is 2.05 bits per heavy atom. The molecule has 5 heteroatoms.